The molecule has 0 radical (unpaired) electrons. The lowest BCUT2D eigenvalue weighted by Gasteiger charge is -2.39. The number of aromatic carboxylic acids is 1. The topological polar surface area (TPSA) is 76.1 Å². The van der Waals surface area contributed by atoms with Crippen LogP contribution in [0.25, 0.3) is 0 Å². The van der Waals surface area contributed by atoms with Crippen LogP contribution in [0.4, 0.5) is 0 Å². The van der Waals surface area contributed by atoms with Crippen LogP contribution in [-0.4, -0.2) is 61.4 Å². The summed E-state index contributed by atoms with van der Waals surface area (Å²) in [5.74, 6) is -0.825. The minimum Gasteiger partial charge on any atom is -0.478 e. The first-order chi connectivity index (χ1) is 11.1. The van der Waals surface area contributed by atoms with Gasteiger partial charge in [0.25, 0.3) is 0 Å². The van der Waals surface area contributed by atoms with E-state index >= 15 is 0 Å². The van der Waals surface area contributed by atoms with E-state index in [4.69, 9.17) is 14.6 Å². The van der Waals surface area contributed by atoms with E-state index in [-0.39, 0.29) is 17.6 Å². The lowest BCUT2D eigenvalue weighted by molar-refractivity contribution is -0.145. The van der Waals surface area contributed by atoms with Crippen LogP contribution in [0.15, 0.2) is 24.3 Å². The number of benzene rings is 1. The molecule has 1 aliphatic heterocycles. The van der Waals surface area contributed by atoms with Gasteiger partial charge in [0.15, 0.2) is 0 Å². The van der Waals surface area contributed by atoms with Gasteiger partial charge in [0, 0.05) is 39.8 Å². The summed E-state index contributed by atoms with van der Waals surface area (Å²) in [7, 11) is 1.67. The van der Waals surface area contributed by atoms with Crippen molar-refractivity contribution in [1.29, 1.82) is 0 Å². The van der Waals surface area contributed by atoms with E-state index < -0.39 is 5.97 Å². The molecule has 0 saturated carbocycles. The van der Waals surface area contributed by atoms with E-state index in [0.717, 1.165) is 12.0 Å². The maximum Gasteiger partial charge on any atom is 0.335 e. The van der Waals surface area contributed by atoms with Gasteiger partial charge in [0.2, 0.25) is 5.91 Å². The van der Waals surface area contributed by atoms with Crippen LogP contribution in [-0.2, 0) is 20.7 Å². The zero-order valence-corrected chi connectivity index (χ0v) is 13.4. The van der Waals surface area contributed by atoms with Crippen molar-refractivity contribution in [2.24, 2.45) is 0 Å². The number of carboxylic acids is 1. The molecule has 0 atom stereocenters. The molecule has 1 heterocycles. The molecule has 0 unspecified atom stereocenters. The smallest absolute Gasteiger partial charge is 0.335 e. The first kappa shape index (κ1) is 17.4. The average molecular weight is 321 g/mol. The molecule has 1 aliphatic rings. The Morgan fingerprint density at radius 2 is 1.91 bits per heavy atom. The number of carboxylic acid groups (broad SMARTS) is 1. The van der Waals surface area contributed by atoms with E-state index in [2.05, 4.69) is 0 Å². The second-order valence-corrected chi connectivity index (χ2v) is 5.64. The highest BCUT2D eigenvalue weighted by atomic mass is 16.5. The number of hydrogen-bond acceptors (Lipinski definition) is 4. The van der Waals surface area contributed by atoms with Crippen molar-refractivity contribution in [2.45, 2.75) is 25.4 Å². The summed E-state index contributed by atoms with van der Waals surface area (Å²) >= 11 is 0. The third-order valence-corrected chi connectivity index (χ3v) is 3.88. The number of nitrogens with zero attached hydrogens (tertiary/aromatic N) is 1. The molecule has 0 bridgehead atoms. The van der Waals surface area contributed by atoms with Crippen molar-refractivity contribution in [1.82, 2.24) is 4.90 Å². The molecule has 1 fully saturated rings. The molecule has 6 nitrogen and oxygen atoms in total. The Balaban J connectivity index is 1.63. The second kappa shape index (κ2) is 8.64. The fraction of sp³-hybridized carbons (Fsp3) is 0.529. The Hall–Kier alpha value is -1.92. The highest BCUT2D eigenvalue weighted by Crippen LogP contribution is 2.15. The van der Waals surface area contributed by atoms with Crippen LogP contribution in [0, 0.1) is 0 Å². The van der Waals surface area contributed by atoms with E-state index in [0.29, 0.717) is 39.1 Å². The van der Waals surface area contributed by atoms with Crippen molar-refractivity contribution in [3.63, 3.8) is 0 Å². The number of methoxy groups -OCH3 is 1. The minimum absolute atomic E-state index is 0.115. The Morgan fingerprint density at radius 3 is 2.52 bits per heavy atom. The molecule has 0 spiro atoms. The van der Waals surface area contributed by atoms with Gasteiger partial charge >= 0.3 is 5.97 Å². The second-order valence-electron chi connectivity index (χ2n) is 5.64. The van der Waals surface area contributed by atoms with Gasteiger partial charge in [-0.25, -0.2) is 4.79 Å². The zero-order valence-electron chi connectivity index (χ0n) is 13.4. The molecule has 6 heteroatoms. The van der Waals surface area contributed by atoms with Crippen molar-refractivity contribution in [2.75, 3.05) is 33.4 Å². The van der Waals surface area contributed by atoms with Gasteiger partial charge in [-0.3, -0.25) is 4.79 Å². The molecule has 1 amide bonds. The molecule has 0 aromatic heterocycles. The van der Waals surface area contributed by atoms with Gasteiger partial charge in [-0.05, 0) is 30.5 Å². The number of ether oxygens (including phenoxy) is 2. The van der Waals surface area contributed by atoms with Gasteiger partial charge in [0.1, 0.15) is 0 Å². The SMILES string of the molecule is COCCCOC1CN(C(=O)CCc2ccc(C(=O)O)cc2)C1. The number of carbonyl (C=O) groups excluding carboxylic acids is 1. The number of aryl methyl sites for hydroxylation is 1. The van der Waals surface area contributed by atoms with Crippen LogP contribution in [0.2, 0.25) is 0 Å². The predicted molar refractivity (Wildman–Crippen MR) is 84.5 cm³/mol. The van der Waals surface area contributed by atoms with Crippen LogP contribution in [0.5, 0.6) is 0 Å². The van der Waals surface area contributed by atoms with Crippen LogP contribution >= 0.6 is 0 Å². The fourth-order valence-corrected chi connectivity index (χ4v) is 2.42. The van der Waals surface area contributed by atoms with Crippen molar-refractivity contribution in [3.8, 4) is 0 Å². The Bertz CT molecular complexity index is 522. The summed E-state index contributed by atoms with van der Waals surface area (Å²) in [5.41, 5.74) is 1.23. The molecule has 1 N–H and O–H groups in total. The number of amides is 1. The standard InChI is InChI=1S/C17H23NO5/c1-22-9-2-10-23-15-11-18(12-15)16(19)8-5-13-3-6-14(7-4-13)17(20)21/h3-4,6-7,15H,2,5,8-12H2,1H3,(H,20,21). The van der Waals surface area contributed by atoms with Crippen LogP contribution < -0.4 is 0 Å². The predicted octanol–water partition coefficient (Wildman–Crippen LogP) is 1.58. The van der Waals surface area contributed by atoms with Crippen molar-refractivity contribution < 1.29 is 24.2 Å². The molecule has 1 aromatic rings. The Labute approximate surface area is 136 Å². The highest BCUT2D eigenvalue weighted by molar-refractivity contribution is 5.87. The quantitative estimate of drug-likeness (QED) is 0.699. The van der Waals surface area contributed by atoms with Crippen LogP contribution in [0.1, 0.15) is 28.8 Å². The van der Waals surface area contributed by atoms with Gasteiger partial charge in [0.05, 0.1) is 11.7 Å². The summed E-state index contributed by atoms with van der Waals surface area (Å²) in [5, 5.41) is 8.84. The molecule has 0 aliphatic carbocycles. The summed E-state index contributed by atoms with van der Waals surface area (Å²) in [6.07, 6.45) is 2.07. The normalized spacial score (nSPS) is 14.6. The largest absolute Gasteiger partial charge is 0.478 e. The molecule has 1 saturated heterocycles. The number of likely N-dealkylation sites (tertiary alicyclic amines) is 1. The third kappa shape index (κ3) is 5.33. The average Bonchev–Trinajstić information content (AvgIpc) is 2.51. The number of carbonyl (C=O) groups is 2. The van der Waals surface area contributed by atoms with Crippen molar-refractivity contribution >= 4 is 11.9 Å². The molecule has 2 rings (SSSR count). The summed E-state index contributed by atoms with van der Waals surface area (Å²) in [6.45, 7) is 2.67. The Kier molecular flexibility index (Phi) is 6.55. The molecule has 23 heavy (non-hydrogen) atoms. The maximum absolute atomic E-state index is 12.1. The van der Waals surface area contributed by atoms with Gasteiger partial charge in [-0.15, -0.1) is 0 Å². The third-order valence-electron chi connectivity index (χ3n) is 3.88. The summed E-state index contributed by atoms with van der Waals surface area (Å²) < 4.78 is 10.6. The van der Waals surface area contributed by atoms with Gasteiger partial charge in [-0.2, -0.15) is 0 Å². The number of hydrogen-bond donors (Lipinski definition) is 1. The molecule has 126 valence electrons. The lowest BCUT2D eigenvalue weighted by atomic mass is 10.1. The van der Waals surface area contributed by atoms with E-state index in [1.54, 1.807) is 36.3 Å². The van der Waals surface area contributed by atoms with E-state index in [1.165, 1.54) is 0 Å². The lowest BCUT2D eigenvalue weighted by Crippen LogP contribution is -2.54. The first-order valence-corrected chi connectivity index (χ1v) is 7.80. The highest BCUT2D eigenvalue weighted by Gasteiger charge is 2.30. The van der Waals surface area contributed by atoms with Gasteiger partial charge < -0.3 is 19.5 Å². The minimum atomic E-state index is -0.940. The summed E-state index contributed by atoms with van der Waals surface area (Å²) in [6, 6.07) is 6.65. The Morgan fingerprint density at radius 1 is 1.22 bits per heavy atom. The van der Waals surface area contributed by atoms with E-state index in [1.807, 2.05) is 0 Å². The van der Waals surface area contributed by atoms with E-state index in [9.17, 15) is 9.59 Å². The first-order valence-electron chi connectivity index (χ1n) is 7.80. The zero-order chi connectivity index (χ0) is 16.7. The van der Waals surface area contributed by atoms with Gasteiger partial charge in [-0.1, -0.05) is 12.1 Å². The summed E-state index contributed by atoms with van der Waals surface area (Å²) in [4.78, 5) is 24.6. The molecular weight excluding hydrogens is 298 g/mol. The number of rotatable bonds is 9. The molecule has 1 aromatic carbocycles. The van der Waals surface area contributed by atoms with Crippen molar-refractivity contribution in [3.05, 3.63) is 35.4 Å². The monoisotopic (exact) mass is 321 g/mol. The maximum atomic E-state index is 12.1. The fourth-order valence-electron chi connectivity index (χ4n) is 2.42. The van der Waals surface area contributed by atoms with Crippen LogP contribution in [0.3, 0.4) is 0 Å². The molecular formula is C17H23NO5.